The van der Waals surface area contributed by atoms with Gasteiger partial charge in [-0.1, -0.05) is 40.0 Å². The zero-order valence-electron chi connectivity index (χ0n) is 9.42. The van der Waals surface area contributed by atoms with E-state index in [2.05, 4.69) is 20.8 Å². The fourth-order valence-corrected chi connectivity index (χ4v) is 3.53. The Kier molecular flexibility index (Phi) is 2.67. The van der Waals surface area contributed by atoms with Gasteiger partial charge in [0.25, 0.3) is 0 Å². The second-order valence-electron chi connectivity index (χ2n) is 5.66. The molecule has 2 aliphatic carbocycles. The molecule has 0 bridgehead atoms. The van der Waals surface area contributed by atoms with Gasteiger partial charge in [0.15, 0.2) is 0 Å². The molecule has 76 valence electrons. The minimum Gasteiger partial charge on any atom is -0.0622 e. The summed E-state index contributed by atoms with van der Waals surface area (Å²) in [5.41, 5.74) is 0. The van der Waals surface area contributed by atoms with E-state index in [1.165, 1.54) is 32.1 Å². The van der Waals surface area contributed by atoms with Crippen LogP contribution < -0.4 is 0 Å². The molecule has 0 saturated heterocycles. The zero-order valence-corrected chi connectivity index (χ0v) is 9.42. The first-order valence-electron chi connectivity index (χ1n) is 6.20. The monoisotopic (exact) mass is 180 g/mol. The molecule has 0 aromatic carbocycles. The van der Waals surface area contributed by atoms with Crippen LogP contribution in [0.25, 0.3) is 0 Å². The molecule has 0 radical (unpaired) electrons. The van der Waals surface area contributed by atoms with E-state index in [9.17, 15) is 0 Å². The molecule has 0 nitrogen and oxygen atoms in total. The quantitative estimate of drug-likeness (QED) is 0.600. The van der Waals surface area contributed by atoms with Crippen LogP contribution in [0.1, 0.15) is 52.9 Å². The Morgan fingerprint density at radius 1 is 0.923 bits per heavy atom. The Hall–Kier alpha value is 0. The van der Waals surface area contributed by atoms with Crippen LogP contribution in [0.3, 0.4) is 0 Å². The van der Waals surface area contributed by atoms with E-state index >= 15 is 0 Å². The van der Waals surface area contributed by atoms with Gasteiger partial charge in [-0.25, -0.2) is 0 Å². The Bertz CT molecular complexity index is 173. The summed E-state index contributed by atoms with van der Waals surface area (Å²) in [4.78, 5) is 0. The van der Waals surface area contributed by atoms with Crippen molar-refractivity contribution in [2.45, 2.75) is 52.9 Å². The van der Waals surface area contributed by atoms with E-state index < -0.39 is 0 Å². The van der Waals surface area contributed by atoms with Crippen molar-refractivity contribution in [1.29, 1.82) is 0 Å². The average Bonchev–Trinajstić information content (AvgIpc) is 2.82. The average molecular weight is 180 g/mol. The molecular weight excluding hydrogens is 156 g/mol. The summed E-state index contributed by atoms with van der Waals surface area (Å²) in [5.74, 6) is 5.22. The summed E-state index contributed by atoms with van der Waals surface area (Å²) in [6, 6.07) is 0. The van der Waals surface area contributed by atoms with Gasteiger partial charge in [-0.05, 0) is 42.4 Å². The summed E-state index contributed by atoms with van der Waals surface area (Å²) in [6.07, 6.45) is 7.52. The van der Waals surface area contributed by atoms with E-state index in [1.54, 1.807) is 0 Å². The fourth-order valence-electron chi connectivity index (χ4n) is 3.53. The molecule has 13 heavy (non-hydrogen) atoms. The van der Waals surface area contributed by atoms with Crippen LogP contribution in [0.15, 0.2) is 0 Å². The molecule has 2 rings (SSSR count). The lowest BCUT2D eigenvalue weighted by Crippen LogP contribution is -2.24. The molecule has 0 heterocycles. The molecule has 0 aliphatic heterocycles. The number of rotatable bonds is 2. The van der Waals surface area contributed by atoms with Crippen LogP contribution in [0.5, 0.6) is 0 Å². The van der Waals surface area contributed by atoms with Crippen molar-refractivity contribution in [1.82, 2.24) is 0 Å². The van der Waals surface area contributed by atoms with E-state index in [-0.39, 0.29) is 0 Å². The summed E-state index contributed by atoms with van der Waals surface area (Å²) in [7, 11) is 0. The number of hydrogen-bond donors (Lipinski definition) is 0. The zero-order chi connectivity index (χ0) is 9.42. The molecule has 5 atom stereocenters. The minimum atomic E-state index is 1.01. The Balaban J connectivity index is 1.90. The molecule has 0 aromatic rings. The van der Waals surface area contributed by atoms with E-state index in [0.717, 1.165) is 29.6 Å². The topological polar surface area (TPSA) is 0 Å². The van der Waals surface area contributed by atoms with Gasteiger partial charge in [0.2, 0.25) is 0 Å². The highest BCUT2D eigenvalue weighted by molar-refractivity contribution is 4.91. The predicted octanol–water partition coefficient (Wildman–Crippen LogP) is 4.10. The van der Waals surface area contributed by atoms with E-state index in [4.69, 9.17) is 0 Å². The van der Waals surface area contributed by atoms with Gasteiger partial charge in [0.1, 0.15) is 0 Å². The van der Waals surface area contributed by atoms with Gasteiger partial charge < -0.3 is 0 Å². The van der Waals surface area contributed by atoms with Gasteiger partial charge >= 0.3 is 0 Å². The fraction of sp³-hybridized carbons (Fsp3) is 1.00. The maximum atomic E-state index is 2.51. The van der Waals surface area contributed by atoms with Crippen LogP contribution in [-0.2, 0) is 0 Å². The third-order valence-electron chi connectivity index (χ3n) is 4.70. The first-order valence-corrected chi connectivity index (χ1v) is 6.20. The van der Waals surface area contributed by atoms with Crippen molar-refractivity contribution in [2.24, 2.45) is 29.6 Å². The second-order valence-corrected chi connectivity index (χ2v) is 5.66. The maximum absolute atomic E-state index is 2.51. The van der Waals surface area contributed by atoms with E-state index in [1.807, 2.05) is 0 Å². The third kappa shape index (κ3) is 1.92. The Morgan fingerprint density at radius 2 is 1.54 bits per heavy atom. The normalized spacial score (nSPS) is 47.3. The molecule has 0 N–H and O–H groups in total. The summed E-state index contributed by atoms with van der Waals surface area (Å²) in [6.45, 7) is 7.42. The van der Waals surface area contributed by atoms with Crippen molar-refractivity contribution in [3.63, 3.8) is 0 Å². The van der Waals surface area contributed by atoms with Gasteiger partial charge in [-0.3, -0.25) is 0 Å². The van der Waals surface area contributed by atoms with Crippen LogP contribution in [0, 0.1) is 29.6 Å². The lowest BCUT2D eigenvalue weighted by atomic mass is 9.72. The second kappa shape index (κ2) is 3.63. The molecule has 0 amide bonds. The van der Waals surface area contributed by atoms with Crippen molar-refractivity contribution in [2.75, 3.05) is 0 Å². The lowest BCUT2D eigenvalue weighted by Gasteiger charge is -2.34. The standard InChI is InChI=1S/C13H24/c1-9-6-4-5-7-12(9)11(3)13-8-10(13)2/h9-13H,4-8H2,1-3H3. The summed E-state index contributed by atoms with van der Waals surface area (Å²) < 4.78 is 0. The van der Waals surface area contributed by atoms with Crippen LogP contribution >= 0.6 is 0 Å². The summed E-state index contributed by atoms with van der Waals surface area (Å²) in [5, 5.41) is 0. The van der Waals surface area contributed by atoms with E-state index in [0.29, 0.717) is 0 Å². The number of hydrogen-bond acceptors (Lipinski definition) is 0. The van der Waals surface area contributed by atoms with Crippen molar-refractivity contribution < 1.29 is 0 Å². The first kappa shape index (κ1) is 9.55. The predicted molar refractivity (Wildman–Crippen MR) is 57.6 cm³/mol. The Labute approximate surface area is 83.1 Å². The van der Waals surface area contributed by atoms with Crippen LogP contribution in [0.4, 0.5) is 0 Å². The van der Waals surface area contributed by atoms with Crippen molar-refractivity contribution in [3.05, 3.63) is 0 Å². The smallest absolute Gasteiger partial charge is 0.0357 e. The molecule has 0 heteroatoms. The highest BCUT2D eigenvalue weighted by atomic mass is 14.5. The largest absolute Gasteiger partial charge is 0.0622 e. The van der Waals surface area contributed by atoms with Gasteiger partial charge in [0.05, 0.1) is 0 Å². The minimum absolute atomic E-state index is 1.01. The highest BCUT2D eigenvalue weighted by Gasteiger charge is 2.41. The van der Waals surface area contributed by atoms with Crippen molar-refractivity contribution >= 4 is 0 Å². The molecule has 2 fully saturated rings. The maximum Gasteiger partial charge on any atom is -0.0357 e. The Morgan fingerprint density at radius 3 is 2.08 bits per heavy atom. The molecular formula is C13H24. The van der Waals surface area contributed by atoms with Crippen LogP contribution in [0.2, 0.25) is 0 Å². The molecule has 2 aliphatic rings. The SMILES string of the molecule is CC1CCCCC1C(C)C1CC1C. The molecule has 5 unspecified atom stereocenters. The van der Waals surface area contributed by atoms with Gasteiger partial charge in [-0.15, -0.1) is 0 Å². The van der Waals surface area contributed by atoms with Crippen LogP contribution in [-0.4, -0.2) is 0 Å². The molecule has 2 saturated carbocycles. The molecule has 0 spiro atoms. The third-order valence-corrected chi connectivity index (χ3v) is 4.70. The van der Waals surface area contributed by atoms with Gasteiger partial charge in [-0.2, -0.15) is 0 Å². The summed E-state index contributed by atoms with van der Waals surface area (Å²) >= 11 is 0. The highest BCUT2D eigenvalue weighted by Crippen LogP contribution is 2.50. The van der Waals surface area contributed by atoms with Gasteiger partial charge in [0, 0.05) is 0 Å². The molecule has 0 aromatic heterocycles. The lowest BCUT2D eigenvalue weighted by molar-refractivity contribution is 0.165. The first-order chi connectivity index (χ1) is 6.20. The van der Waals surface area contributed by atoms with Crippen molar-refractivity contribution in [3.8, 4) is 0 Å².